The van der Waals surface area contributed by atoms with Gasteiger partial charge in [-0.05, 0) is 19.3 Å². The Morgan fingerprint density at radius 2 is 2.33 bits per heavy atom. The molecule has 0 radical (unpaired) electrons. The molecule has 0 N–H and O–H groups in total. The predicted octanol–water partition coefficient (Wildman–Crippen LogP) is 2.67. The molecule has 1 fully saturated rings. The summed E-state index contributed by atoms with van der Waals surface area (Å²) in [5.74, 6) is 1.81. The molecule has 2 heterocycles. The van der Waals surface area contributed by atoms with E-state index in [-0.39, 0.29) is 0 Å². The average Bonchev–Trinajstić information content (AvgIpc) is 2.70. The van der Waals surface area contributed by atoms with E-state index in [4.69, 9.17) is 11.6 Å². The first-order valence-electron chi connectivity index (χ1n) is 5.44. The number of anilines is 1. The van der Waals surface area contributed by atoms with E-state index in [1.807, 2.05) is 6.92 Å². The van der Waals surface area contributed by atoms with Crippen LogP contribution in [0.1, 0.15) is 25.3 Å². The fourth-order valence-electron chi connectivity index (χ4n) is 2.10. The van der Waals surface area contributed by atoms with Crippen LogP contribution in [0.4, 0.5) is 5.82 Å². The van der Waals surface area contributed by atoms with E-state index in [1.165, 1.54) is 12.8 Å². The van der Waals surface area contributed by atoms with Crippen molar-refractivity contribution in [1.82, 2.24) is 9.97 Å². The Morgan fingerprint density at radius 1 is 1.53 bits per heavy atom. The first kappa shape index (κ1) is 10.7. The number of halogens is 1. The second-order valence-corrected chi connectivity index (χ2v) is 4.48. The van der Waals surface area contributed by atoms with Gasteiger partial charge in [-0.25, -0.2) is 9.97 Å². The molecule has 1 aliphatic rings. The van der Waals surface area contributed by atoms with Crippen LogP contribution in [-0.4, -0.2) is 23.1 Å². The number of nitrogens with zero attached hydrogens (tertiary/aromatic N) is 3. The Balaban J connectivity index is 2.20. The van der Waals surface area contributed by atoms with Crippen LogP contribution in [0.5, 0.6) is 0 Å². The minimum atomic E-state index is 0.569. The quantitative estimate of drug-likeness (QED) is 0.725. The minimum Gasteiger partial charge on any atom is -0.356 e. The summed E-state index contributed by atoms with van der Waals surface area (Å²) in [6, 6.07) is 0. The lowest BCUT2D eigenvalue weighted by Crippen LogP contribution is -2.22. The van der Waals surface area contributed by atoms with Gasteiger partial charge in [-0.1, -0.05) is 24.9 Å². The molecule has 1 saturated heterocycles. The number of hydrogen-bond acceptors (Lipinski definition) is 3. The summed E-state index contributed by atoms with van der Waals surface area (Å²) in [5.41, 5.74) is 0.996. The normalized spacial score (nSPS) is 21.0. The van der Waals surface area contributed by atoms with Crippen molar-refractivity contribution in [3.63, 3.8) is 0 Å². The fourth-order valence-corrected chi connectivity index (χ4v) is 2.23. The first-order valence-corrected chi connectivity index (χ1v) is 5.82. The van der Waals surface area contributed by atoms with Gasteiger partial charge >= 0.3 is 0 Å². The Labute approximate surface area is 95.5 Å². The van der Waals surface area contributed by atoms with E-state index in [0.29, 0.717) is 5.15 Å². The highest BCUT2D eigenvalue weighted by Gasteiger charge is 2.23. The predicted molar refractivity (Wildman–Crippen MR) is 62.4 cm³/mol. The monoisotopic (exact) mass is 225 g/mol. The highest BCUT2D eigenvalue weighted by Crippen LogP contribution is 2.28. The lowest BCUT2D eigenvalue weighted by Gasteiger charge is -2.19. The smallest absolute Gasteiger partial charge is 0.137 e. The van der Waals surface area contributed by atoms with Crippen LogP contribution in [0, 0.1) is 12.8 Å². The molecule has 1 aromatic heterocycles. The number of hydrogen-bond donors (Lipinski definition) is 0. The Bertz CT molecular complexity index is 354. The van der Waals surface area contributed by atoms with Gasteiger partial charge in [0.25, 0.3) is 0 Å². The lowest BCUT2D eigenvalue weighted by molar-refractivity contribution is 0.568. The van der Waals surface area contributed by atoms with Gasteiger partial charge in [0.05, 0.1) is 0 Å². The standard InChI is InChI=1S/C11H16ClN3/c1-3-9-4-5-15(6-9)11-8(2)10(12)13-7-14-11/h7,9H,3-6H2,1-2H3. The lowest BCUT2D eigenvalue weighted by atomic mass is 10.1. The summed E-state index contributed by atoms with van der Waals surface area (Å²) < 4.78 is 0. The van der Waals surface area contributed by atoms with Crippen molar-refractivity contribution in [1.29, 1.82) is 0 Å². The molecule has 2 rings (SSSR count). The molecule has 1 unspecified atom stereocenters. The molecular formula is C11H16ClN3. The van der Waals surface area contributed by atoms with Crippen molar-refractivity contribution < 1.29 is 0 Å². The summed E-state index contributed by atoms with van der Waals surface area (Å²) in [4.78, 5) is 10.6. The average molecular weight is 226 g/mol. The summed E-state index contributed by atoms with van der Waals surface area (Å²) in [6.07, 6.45) is 4.05. The largest absolute Gasteiger partial charge is 0.356 e. The van der Waals surface area contributed by atoms with Crippen LogP contribution in [0.3, 0.4) is 0 Å². The molecule has 1 aromatic rings. The maximum absolute atomic E-state index is 5.98. The molecule has 0 saturated carbocycles. The highest BCUT2D eigenvalue weighted by molar-refractivity contribution is 6.30. The van der Waals surface area contributed by atoms with E-state index < -0.39 is 0 Å². The van der Waals surface area contributed by atoms with Crippen LogP contribution in [0.25, 0.3) is 0 Å². The van der Waals surface area contributed by atoms with Gasteiger partial charge in [0, 0.05) is 18.7 Å². The summed E-state index contributed by atoms with van der Waals surface area (Å²) in [5, 5.41) is 0.569. The zero-order valence-corrected chi connectivity index (χ0v) is 9.96. The van der Waals surface area contributed by atoms with E-state index in [0.717, 1.165) is 30.4 Å². The van der Waals surface area contributed by atoms with Crippen molar-refractivity contribution >= 4 is 17.4 Å². The Kier molecular flexibility index (Phi) is 3.10. The van der Waals surface area contributed by atoms with E-state index in [9.17, 15) is 0 Å². The van der Waals surface area contributed by atoms with E-state index >= 15 is 0 Å². The maximum Gasteiger partial charge on any atom is 0.137 e. The van der Waals surface area contributed by atoms with Crippen molar-refractivity contribution in [2.75, 3.05) is 18.0 Å². The summed E-state index contributed by atoms with van der Waals surface area (Å²) in [6.45, 7) is 6.42. The van der Waals surface area contributed by atoms with Gasteiger partial charge in [-0.3, -0.25) is 0 Å². The van der Waals surface area contributed by atoms with Crippen LogP contribution in [0.15, 0.2) is 6.33 Å². The van der Waals surface area contributed by atoms with Gasteiger partial charge in [0.1, 0.15) is 17.3 Å². The number of aromatic nitrogens is 2. The van der Waals surface area contributed by atoms with Crippen molar-refractivity contribution in [2.45, 2.75) is 26.7 Å². The van der Waals surface area contributed by atoms with E-state index in [2.05, 4.69) is 21.8 Å². The van der Waals surface area contributed by atoms with Crippen LogP contribution in [-0.2, 0) is 0 Å². The van der Waals surface area contributed by atoms with Crippen LogP contribution in [0.2, 0.25) is 5.15 Å². The zero-order valence-electron chi connectivity index (χ0n) is 9.20. The molecule has 0 aliphatic carbocycles. The third kappa shape index (κ3) is 2.07. The van der Waals surface area contributed by atoms with Crippen LogP contribution < -0.4 is 4.90 Å². The second kappa shape index (κ2) is 4.35. The van der Waals surface area contributed by atoms with Gasteiger partial charge in [0.2, 0.25) is 0 Å². The molecule has 1 atom stereocenters. The van der Waals surface area contributed by atoms with Crippen molar-refractivity contribution in [2.24, 2.45) is 5.92 Å². The first-order chi connectivity index (χ1) is 7.22. The zero-order chi connectivity index (χ0) is 10.8. The molecule has 4 heteroatoms. The molecule has 0 aromatic carbocycles. The SMILES string of the molecule is CCC1CCN(c2ncnc(Cl)c2C)C1. The molecule has 1 aliphatic heterocycles. The van der Waals surface area contributed by atoms with Gasteiger partial charge in [-0.2, -0.15) is 0 Å². The molecular weight excluding hydrogens is 210 g/mol. The van der Waals surface area contributed by atoms with Crippen molar-refractivity contribution in [3.8, 4) is 0 Å². The highest BCUT2D eigenvalue weighted by atomic mass is 35.5. The Hall–Kier alpha value is -0.830. The van der Waals surface area contributed by atoms with E-state index in [1.54, 1.807) is 6.33 Å². The molecule has 82 valence electrons. The third-order valence-electron chi connectivity index (χ3n) is 3.16. The molecule has 3 nitrogen and oxygen atoms in total. The third-order valence-corrected chi connectivity index (χ3v) is 3.54. The summed E-state index contributed by atoms with van der Waals surface area (Å²) in [7, 11) is 0. The van der Waals surface area contributed by atoms with Gasteiger partial charge in [0.15, 0.2) is 0 Å². The molecule has 0 bridgehead atoms. The topological polar surface area (TPSA) is 29.0 Å². The molecule has 0 spiro atoms. The fraction of sp³-hybridized carbons (Fsp3) is 0.636. The summed E-state index contributed by atoms with van der Waals surface area (Å²) >= 11 is 5.98. The molecule has 15 heavy (non-hydrogen) atoms. The van der Waals surface area contributed by atoms with Crippen LogP contribution >= 0.6 is 11.6 Å². The van der Waals surface area contributed by atoms with Gasteiger partial charge < -0.3 is 4.90 Å². The molecule has 0 amide bonds. The maximum atomic E-state index is 5.98. The van der Waals surface area contributed by atoms with Crippen molar-refractivity contribution in [3.05, 3.63) is 17.0 Å². The minimum absolute atomic E-state index is 0.569. The van der Waals surface area contributed by atoms with Gasteiger partial charge in [-0.15, -0.1) is 0 Å². The number of rotatable bonds is 2. The second-order valence-electron chi connectivity index (χ2n) is 4.12. The Morgan fingerprint density at radius 3 is 3.00 bits per heavy atom.